The van der Waals surface area contributed by atoms with Crippen LogP contribution in [0.3, 0.4) is 0 Å². The van der Waals surface area contributed by atoms with Crippen molar-refractivity contribution in [2.75, 3.05) is 0 Å². The number of pyridine rings is 1. The van der Waals surface area contributed by atoms with Crippen molar-refractivity contribution in [1.82, 2.24) is 19.7 Å². The van der Waals surface area contributed by atoms with Gasteiger partial charge in [0.2, 0.25) is 7.59 Å². The summed E-state index contributed by atoms with van der Waals surface area (Å²) in [7, 11) is 0. The predicted molar refractivity (Wildman–Crippen MR) is 99.9 cm³/mol. The largest absolute Gasteiger partial charge is 0.229 e. The number of halogens is 6. The van der Waals surface area contributed by atoms with Gasteiger partial charge in [-0.05, 0) is 25.1 Å². The quantitative estimate of drug-likeness (QED) is 0.447. The Morgan fingerprint density at radius 2 is 1.67 bits per heavy atom. The van der Waals surface area contributed by atoms with Gasteiger partial charge in [-0.3, -0.25) is 0 Å². The molecule has 0 radical (unpaired) electrons. The van der Waals surface area contributed by atoms with Crippen LogP contribution < -0.4 is 0 Å². The highest BCUT2D eigenvalue weighted by molar-refractivity contribution is 6.67. The molecule has 0 saturated carbocycles. The second kappa shape index (κ2) is 6.35. The molecule has 1 aromatic carbocycles. The van der Waals surface area contributed by atoms with Crippen LogP contribution in [-0.2, 0) is 7.59 Å². The lowest BCUT2D eigenvalue weighted by molar-refractivity contribution is 0.835. The highest BCUT2D eigenvalue weighted by Crippen LogP contribution is 2.44. The molecule has 0 aliphatic carbocycles. The van der Waals surface area contributed by atoms with Crippen LogP contribution in [0.4, 0.5) is 0 Å². The lowest BCUT2D eigenvalue weighted by atomic mass is 10.1. The number of hydrogen-bond acceptors (Lipinski definition) is 3. The van der Waals surface area contributed by atoms with E-state index in [0.717, 1.165) is 0 Å². The van der Waals surface area contributed by atoms with Crippen molar-refractivity contribution >= 4 is 80.5 Å². The molecule has 3 aromatic rings. The molecule has 0 saturated heterocycles. The minimum atomic E-state index is -1.70. The zero-order chi connectivity index (χ0) is 17.7. The molecule has 2 heterocycles. The Hall–Kier alpha value is -0.490. The van der Waals surface area contributed by atoms with E-state index in [1.165, 1.54) is 11.0 Å². The molecule has 24 heavy (non-hydrogen) atoms. The summed E-state index contributed by atoms with van der Waals surface area (Å²) < 4.78 is -1.80. The van der Waals surface area contributed by atoms with Crippen molar-refractivity contribution < 1.29 is 0 Å². The van der Waals surface area contributed by atoms with Gasteiger partial charge < -0.3 is 0 Å². The zero-order valence-corrected chi connectivity index (χ0v) is 16.5. The molecule has 4 nitrogen and oxygen atoms in total. The van der Waals surface area contributed by atoms with E-state index in [1.54, 1.807) is 31.2 Å². The third-order valence-corrected chi connectivity index (χ3v) is 4.53. The number of fused-ring (bicyclic) bond motifs is 1. The topological polar surface area (TPSA) is 43.6 Å². The third-order valence-electron chi connectivity index (χ3n) is 3.27. The van der Waals surface area contributed by atoms with E-state index in [9.17, 15) is 0 Å². The van der Waals surface area contributed by atoms with Crippen LogP contribution in [0.2, 0.25) is 0 Å². The summed E-state index contributed by atoms with van der Waals surface area (Å²) in [6.07, 6.45) is 1.53. The number of aromatic nitrogens is 4. The maximum Gasteiger partial charge on any atom is 0.216 e. The molecule has 126 valence electrons. The number of hydrogen-bond donors (Lipinski definition) is 0. The van der Waals surface area contributed by atoms with Crippen LogP contribution in [0.1, 0.15) is 17.0 Å². The lowest BCUT2D eigenvalue weighted by Crippen LogP contribution is -2.08. The van der Waals surface area contributed by atoms with Crippen LogP contribution in [0.15, 0.2) is 30.6 Å². The van der Waals surface area contributed by atoms with Crippen molar-refractivity contribution in [1.29, 1.82) is 0 Å². The highest BCUT2D eigenvalue weighted by atomic mass is 35.6. The predicted octanol–water partition coefficient (Wildman–Crippen LogP) is 5.78. The Balaban J connectivity index is 2.30. The monoisotopic (exact) mass is 442 g/mol. The van der Waals surface area contributed by atoms with Crippen LogP contribution in [0.5, 0.6) is 0 Å². The number of nitrogens with zero attached hydrogens (tertiary/aromatic N) is 4. The average Bonchev–Trinajstić information content (AvgIpc) is 2.90. The van der Waals surface area contributed by atoms with Gasteiger partial charge in [0.25, 0.3) is 0 Å². The maximum atomic E-state index is 6.13. The Kier molecular flexibility index (Phi) is 4.84. The maximum absolute atomic E-state index is 6.13. The Bertz CT molecular complexity index is 910. The molecule has 0 aliphatic rings. The van der Waals surface area contributed by atoms with Crippen molar-refractivity contribution in [3.8, 4) is 5.82 Å². The Labute approximate surface area is 167 Å². The summed E-state index contributed by atoms with van der Waals surface area (Å²) in [5, 5.41) is 4.79. The fourth-order valence-corrected chi connectivity index (χ4v) is 3.02. The molecular formula is C14H8Cl6N4. The molecular weight excluding hydrogens is 437 g/mol. The molecule has 3 rings (SSSR count). The van der Waals surface area contributed by atoms with E-state index in [0.29, 0.717) is 33.7 Å². The third kappa shape index (κ3) is 3.69. The Morgan fingerprint density at radius 1 is 0.958 bits per heavy atom. The molecule has 0 amide bonds. The van der Waals surface area contributed by atoms with Crippen LogP contribution in [0.25, 0.3) is 16.7 Å². The lowest BCUT2D eigenvalue weighted by Gasteiger charge is -2.18. The molecule has 0 aliphatic heterocycles. The van der Waals surface area contributed by atoms with Gasteiger partial charge in [-0.1, -0.05) is 75.7 Å². The van der Waals surface area contributed by atoms with E-state index in [1.807, 2.05) is 0 Å². The average molecular weight is 445 g/mol. The van der Waals surface area contributed by atoms with Crippen molar-refractivity contribution in [2.24, 2.45) is 0 Å². The van der Waals surface area contributed by atoms with Gasteiger partial charge in [0.05, 0.1) is 5.52 Å². The van der Waals surface area contributed by atoms with Gasteiger partial charge in [-0.15, -0.1) is 0 Å². The highest BCUT2D eigenvalue weighted by Gasteiger charge is 2.29. The van der Waals surface area contributed by atoms with E-state index in [4.69, 9.17) is 69.6 Å². The van der Waals surface area contributed by atoms with E-state index in [-0.39, 0.29) is 0 Å². The minimum absolute atomic E-state index is 0.400. The zero-order valence-electron chi connectivity index (χ0n) is 11.9. The first-order valence-electron chi connectivity index (χ1n) is 6.53. The van der Waals surface area contributed by atoms with Crippen molar-refractivity contribution in [2.45, 2.75) is 14.5 Å². The van der Waals surface area contributed by atoms with Gasteiger partial charge in [0, 0.05) is 16.5 Å². The van der Waals surface area contributed by atoms with Crippen molar-refractivity contribution in [3.63, 3.8) is 0 Å². The van der Waals surface area contributed by atoms with Gasteiger partial charge >= 0.3 is 0 Å². The second-order valence-electron chi connectivity index (χ2n) is 4.99. The normalized spacial score (nSPS) is 12.8. The number of alkyl halides is 6. The van der Waals surface area contributed by atoms with E-state index >= 15 is 0 Å². The molecule has 0 fully saturated rings. The van der Waals surface area contributed by atoms with Crippen molar-refractivity contribution in [3.05, 3.63) is 47.5 Å². The molecule has 0 atom stereocenters. The van der Waals surface area contributed by atoms with Gasteiger partial charge in [-0.2, -0.15) is 5.10 Å². The summed E-state index contributed by atoms with van der Waals surface area (Å²) >= 11 is 36.2. The first-order valence-corrected chi connectivity index (χ1v) is 8.80. The van der Waals surface area contributed by atoms with Crippen LogP contribution in [-0.4, -0.2) is 19.7 Å². The van der Waals surface area contributed by atoms with Crippen LogP contribution >= 0.6 is 69.6 Å². The van der Waals surface area contributed by atoms with E-state index in [2.05, 4.69) is 15.1 Å². The first kappa shape index (κ1) is 18.3. The summed E-state index contributed by atoms with van der Waals surface area (Å²) in [6, 6.07) is 6.61. The van der Waals surface area contributed by atoms with Gasteiger partial charge in [-0.25, -0.2) is 14.6 Å². The van der Waals surface area contributed by atoms with Gasteiger partial charge in [0.1, 0.15) is 12.2 Å². The standard InChI is InChI=1S/C14H8Cl6N4/c1-7-21-6-24(23-7)12-5-10(14(18,19)20)9-4-8(13(15,16)17)2-3-11(9)22-12/h2-6H,1H3. The summed E-state index contributed by atoms with van der Waals surface area (Å²) in [6.45, 7) is 1.76. The summed E-state index contributed by atoms with van der Waals surface area (Å²) in [5.74, 6) is 1.06. The molecule has 2 aromatic heterocycles. The Morgan fingerprint density at radius 3 is 2.21 bits per heavy atom. The van der Waals surface area contributed by atoms with Crippen LogP contribution in [0, 0.1) is 6.92 Å². The summed E-state index contributed by atoms with van der Waals surface area (Å²) in [5.41, 5.74) is 1.42. The molecule has 0 spiro atoms. The number of rotatable bonds is 1. The summed E-state index contributed by atoms with van der Waals surface area (Å²) in [4.78, 5) is 8.58. The van der Waals surface area contributed by atoms with Gasteiger partial charge in [0.15, 0.2) is 5.82 Å². The smallest absolute Gasteiger partial charge is 0.216 e. The molecule has 0 bridgehead atoms. The number of aryl methyl sites for hydroxylation is 1. The minimum Gasteiger partial charge on any atom is -0.229 e. The first-order chi connectivity index (χ1) is 11.1. The molecule has 10 heteroatoms. The number of benzene rings is 1. The SMILES string of the molecule is Cc1ncn(-c2cc(C(Cl)(Cl)Cl)c3cc(C(Cl)(Cl)Cl)ccc3n2)n1. The molecule has 0 unspecified atom stereocenters. The fourth-order valence-electron chi connectivity index (χ4n) is 2.20. The fraction of sp³-hybridized carbons (Fsp3) is 0.214. The van der Waals surface area contributed by atoms with E-state index < -0.39 is 7.59 Å². The second-order valence-corrected chi connectivity index (χ2v) is 9.55. The molecule has 0 N–H and O–H groups in total.